The molecule has 0 aliphatic carbocycles. The summed E-state index contributed by atoms with van der Waals surface area (Å²) in [5.41, 5.74) is 9.59. The molecule has 4 rings (SSSR count). The van der Waals surface area contributed by atoms with Crippen LogP contribution < -0.4 is 0 Å². The predicted molar refractivity (Wildman–Crippen MR) is 91.0 cm³/mol. The van der Waals surface area contributed by atoms with Crippen LogP contribution in [-0.2, 0) is 0 Å². The average Bonchev–Trinajstić information content (AvgIpc) is 2.98. The smallest absolute Gasteiger partial charge is 0.164 e. The third-order valence-corrected chi connectivity index (χ3v) is 4.62. The van der Waals surface area contributed by atoms with Crippen LogP contribution in [0.15, 0.2) is 42.6 Å². The molecule has 0 saturated heterocycles. The van der Waals surface area contributed by atoms with Crippen molar-refractivity contribution >= 4 is 16.8 Å². The summed E-state index contributed by atoms with van der Waals surface area (Å²) in [5, 5.41) is 0. The van der Waals surface area contributed by atoms with Gasteiger partial charge in [0.2, 0.25) is 0 Å². The molecule has 0 radical (unpaired) electrons. The van der Waals surface area contributed by atoms with E-state index in [0.29, 0.717) is 0 Å². The molecule has 0 amide bonds. The molecule has 0 saturated carbocycles. The molecule has 0 N–H and O–H groups in total. The molecule has 0 unspecified atom stereocenters. The Bertz CT molecular complexity index is 998. The summed E-state index contributed by atoms with van der Waals surface area (Å²) < 4.78 is 4.49. The van der Waals surface area contributed by atoms with Gasteiger partial charge in [-0.3, -0.25) is 8.97 Å². The van der Waals surface area contributed by atoms with E-state index in [9.17, 15) is 0 Å². The van der Waals surface area contributed by atoms with Gasteiger partial charge in [-0.25, -0.2) is 4.98 Å². The van der Waals surface area contributed by atoms with E-state index >= 15 is 0 Å². The van der Waals surface area contributed by atoms with Crippen molar-refractivity contribution in [2.45, 2.75) is 27.7 Å². The van der Waals surface area contributed by atoms with Crippen LogP contribution in [0.5, 0.6) is 0 Å². The molecule has 110 valence electrons. The monoisotopic (exact) mass is 289 g/mol. The summed E-state index contributed by atoms with van der Waals surface area (Å²) in [7, 11) is 0. The SMILES string of the molecule is Cc1cccc(C)c1-n1c(C)c(C)c2c1nc1ccccn12. The molecule has 3 aromatic heterocycles. The normalized spacial score (nSPS) is 11.6. The highest BCUT2D eigenvalue weighted by molar-refractivity contribution is 5.85. The Morgan fingerprint density at radius 1 is 0.864 bits per heavy atom. The Morgan fingerprint density at radius 2 is 1.59 bits per heavy atom. The van der Waals surface area contributed by atoms with E-state index in [1.54, 1.807) is 0 Å². The Balaban J connectivity index is 2.21. The van der Waals surface area contributed by atoms with Gasteiger partial charge in [0.1, 0.15) is 5.65 Å². The number of rotatable bonds is 1. The van der Waals surface area contributed by atoms with Gasteiger partial charge in [-0.1, -0.05) is 24.3 Å². The zero-order chi connectivity index (χ0) is 15.4. The van der Waals surface area contributed by atoms with Gasteiger partial charge in [-0.05, 0) is 56.5 Å². The third-order valence-electron chi connectivity index (χ3n) is 4.62. The summed E-state index contributed by atoms with van der Waals surface area (Å²) in [6.45, 7) is 8.69. The first-order valence-corrected chi connectivity index (χ1v) is 7.61. The minimum absolute atomic E-state index is 0.996. The first-order valence-electron chi connectivity index (χ1n) is 7.61. The maximum atomic E-state index is 4.88. The number of pyridine rings is 1. The van der Waals surface area contributed by atoms with Gasteiger partial charge in [-0.2, -0.15) is 0 Å². The molecule has 3 heterocycles. The van der Waals surface area contributed by atoms with Gasteiger partial charge in [0.05, 0.1) is 11.2 Å². The molecule has 22 heavy (non-hydrogen) atoms. The van der Waals surface area contributed by atoms with Crippen molar-refractivity contribution in [1.29, 1.82) is 0 Å². The summed E-state index contributed by atoms with van der Waals surface area (Å²) in [4.78, 5) is 4.88. The van der Waals surface area contributed by atoms with Gasteiger partial charge < -0.3 is 0 Å². The van der Waals surface area contributed by atoms with Crippen molar-refractivity contribution in [1.82, 2.24) is 14.0 Å². The third kappa shape index (κ3) is 1.59. The summed E-state index contributed by atoms with van der Waals surface area (Å²) in [6, 6.07) is 12.6. The summed E-state index contributed by atoms with van der Waals surface area (Å²) in [6.07, 6.45) is 2.09. The van der Waals surface area contributed by atoms with Crippen LogP contribution in [0, 0.1) is 27.7 Å². The Kier molecular flexibility index (Phi) is 2.67. The van der Waals surface area contributed by atoms with Crippen molar-refractivity contribution in [3.8, 4) is 5.69 Å². The van der Waals surface area contributed by atoms with Gasteiger partial charge in [-0.15, -0.1) is 0 Å². The molecule has 4 aromatic rings. The maximum absolute atomic E-state index is 4.88. The molecule has 1 aromatic carbocycles. The maximum Gasteiger partial charge on any atom is 0.164 e. The highest BCUT2D eigenvalue weighted by Gasteiger charge is 2.19. The molecule has 0 fully saturated rings. The molecule has 0 atom stereocenters. The second-order valence-corrected chi connectivity index (χ2v) is 6.00. The second kappa shape index (κ2) is 4.47. The van der Waals surface area contributed by atoms with Crippen molar-refractivity contribution in [3.05, 3.63) is 65.0 Å². The minimum atomic E-state index is 0.996. The van der Waals surface area contributed by atoms with E-state index < -0.39 is 0 Å². The van der Waals surface area contributed by atoms with Crippen molar-refractivity contribution in [2.24, 2.45) is 0 Å². The van der Waals surface area contributed by atoms with E-state index in [-0.39, 0.29) is 0 Å². The molecule has 0 aliphatic rings. The van der Waals surface area contributed by atoms with Gasteiger partial charge >= 0.3 is 0 Å². The van der Waals surface area contributed by atoms with Crippen LogP contribution in [0.1, 0.15) is 22.4 Å². The number of hydrogen-bond donors (Lipinski definition) is 0. The van der Waals surface area contributed by atoms with Gasteiger partial charge in [0, 0.05) is 11.9 Å². The van der Waals surface area contributed by atoms with Gasteiger partial charge in [0.25, 0.3) is 0 Å². The number of benzene rings is 1. The van der Waals surface area contributed by atoms with Crippen molar-refractivity contribution in [3.63, 3.8) is 0 Å². The Labute approximate surface area is 129 Å². The number of imidazole rings is 1. The molecule has 3 heteroatoms. The molecule has 0 aliphatic heterocycles. The minimum Gasteiger partial charge on any atom is -0.298 e. The quantitative estimate of drug-likeness (QED) is 0.505. The van der Waals surface area contributed by atoms with Crippen molar-refractivity contribution in [2.75, 3.05) is 0 Å². The van der Waals surface area contributed by atoms with E-state index in [4.69, 9.17) is 4.98 Å². The number of nitrogens with zero attached hydrogens (tertiary/aromatic N) is 3. The molecule has 0 spiro atoms. The highest BCUT2D eigenvalue weighted by atomic mass is 15.1. The van der Waals surface area contributed by atoms with E-state index in [1.807, 2.05) is 6.07 Å². The first-order chi connectivity index (χ1) is 10.6. The number of para-hydroxylation sites is 1. The number of hydrogen-bond acceptors (Lipinski definition) is 1. The number of aromatic nitrogens is 3. The topological polar surface area (TPSA) is 22.2 Å². The largest absolute Gasteiger partial charge is 0.298 e. The molecular formula is C19H19N3. The Morgan fingerprint density at radius 3 is 2.32 bits per heavy atom. The molecule has 0 bridgehead atoms. The summed E-state index contributed by atoms with van der Waals surface area (Å²) >= 11 is 0. The van der Waals surface area contributed by atoms with Crippen molar-refractivity contribution < 1.29 is 0 Å². The van der Waals surface area contributed by atoms with Crippen LogP contribution in [0.4, 0.5) is 0 Å². The molecular weight excluding hydrogens is 270 g/mol. The van der Waals surface area contributed by atoms with Crippen LogP contribution in [-0.4, -0.2) is 14.0 Å². The standard InChI is InChI=1S/C19H19N3/c1-12-8-7-9-13(2)17(12)22-15(4)14(3)18-19(22)20-16-10-5-6-11-21(16)18/h5-11H,1-4H3. The first kappa shape index (κ1) is 13.1. The lowest BCUT2D eigenvalue weighted by Gasteiger charge is -2.13. The lowest BCUT2D eigenvalue weighted by molar-refractivity contribution is 0.995. The van der Waals surface area contributed by atoms with Crippen LogP contribution >= 0.6 is 0 Å². The predicted octanol–water partition coefficient (Wildman–Crippen LogP) is 4.51. The fourth-order valence-electron chi connectivity index (χ4n) is 3.42. The fraction of sp³-hybridized carbons (Fsp3) is 0.211. The van der Waals surface area contributed by atoms with E-state index in [0.717, 1.165) is 11.3 Å². The lowest BCUT2D eigenvalue weighted by Crippen LogP contribution is -2.02. The average molecular weight is 289 g/mol. The number of fused-ring (bicyclic) bond motifs is 3. The van der Waals surface area contributed by atoms with Crippen LogP contribution in [0.3, 0.4) is 0 Å². The van der Waals surface area contributed by atoms with Crippen LogP contribution in [0.25, 0.3) is 22.5 Å². The fourth-order valence-corrected chi connectivity index (χ4v) is 3.42. The zero-order valence-corrected chi connectivity index (χ0v) is 13.4. The highest BCUT2D eigenvalue weighted by Crippen LogP contribution is 2.31. The lowest BCUT2D eigenvalue weighted by atomic mass is 10.1. The zero-order valence-electron chi connectivity index (χ0n) is 13.4. The van der Waals surface area contributed by atoms with E-state index in [1.165, 1.54) is 33.6 Å². The molecule has 3 nitrogen and oxygen atoms in total. The number of aryl methyl sites for hydroxylation is 3. The Hall–Kier alpha value is -2.55. The van der Waals surface area contributed by atoms with Crippen LogP contribution in [0.2, 0.25) is 0 Å². The second-order valence-electron chi connectivity index (χ2n) is 6.00. The summed E-state index contributed by atoms with van der Waals surface area (Å²) in [5.74, 6) is 0. The van der Waals surface area contributed by atoms with E-state index in [2.05, 4.69) is 73.2 Å². The van der Waals surface area contributed by atoms with Gasteiger partial charge in [0.15, 0.2) is 5.65 Å².